The van der Waals surface area contributed by atoms with Crippen molar-refractivity contribution in [1.29, 1.82) is 0 Å². The van der Waals surface area contributed by atoms with E-state index >= 15 is 0 Å². The molecule has 4 fully saturated rings. The highest BCUT2D eigenvalue weighted by atomic mass is 16.2. The molecule has 4 aliphatic rings. The van der Waals surface area contributed by atoms with Gasteiger partial charge < -0.3 is 5.11 Å². The number of aliphatic hydroxyl groups excluding tert-OH is 1. The molecular formula is C12H24O. The Hall–Kier alpha value is -0.0400. The molecule has 0 spiro atoms. The molecule has 0 aliphatic heterocycles. The summed E-state index contributed by atoms with van der Waals surface area (Å²) in [5.74, 6) is 4.71. The lowest BCUT2D eigenvalue weighted by Gasteiger charge is -2.49. The third-order valence-corrected chi connectivity index (χ3v) is 4.00. The molecule has 4 rings (SSSR count). The molecule has 0 saturated heterocycles. The Morgan fingerprint density at radius 3 is 0.923 bits per heavy atom. The molecule has 0 aromatic carbocycles. The fraction of sp³-hybridized carbons (Fsp3) is 1.00. The first-order chi connectivity index (χ1) is 5.90. The smallest absolute Gasteiger partial charge is 0.0319 e. The van der Waals surface area contributed by atoms with Crippen LogP contribution in [0.5, 0.6) is 0 Å². The zero-order chi connectivity index (χ0) is 8.55. The van der Waals surface area contributed by atoms with Crippen LogP contribution in [0.3, 0.4) is 0 Å². The molecule has 78 valence electrons. The summed E-state index contributed by atoms with van der Waals surface area (Å²) in [6, 6.07) is 0. The van der Waals surface area contributed by atoms with Crippen molar-refractivity contribution >= 4 is 0 Å². The quantitative estimate of drug-likeness (QED) is 0.613. The zero-order valence-corrected chi connectivity index (χ0v) is 8.00. The van der Waals surface area contributed by atoms with Crippen LogP contribution in [0.15, 0.2) is 0 Å². The third kappa shape index (κ3) is 2.07. The van der Waals surface area contributed by atoms with Crippen LogP contribution in [0.1, 0.15) is 46.0 Å². The summed E-state index contributed by atoms with van der Waals surface area (Å²) in [6.07, 6.45) is 9.62. The van der Waals surface area contributed by atoms with Gasteiger partial charge >= 0.3 is 0 Å². The van der Waals surface area contributed by atoms with Crippen molar-refractivity contribution in [3.8, 4) is 0 Å². The summed E-state index contributed by atoms with van der Waals surface area (Å²) < 4.78 is 0. The van der Waals surface area contributed by atoms with Crippen LogP contribution in [0.2, 0.25) is 0 Å². The first kappa shape index (κ1) is 11.0. The van der Waals surface area contributed by atoms with Crippen LogP contribution in [-0.2, 0) is 0 Å². The Morgan fingerprint density at radius 1 is 0.615 bits per heavy atom. The Labute approximate surface area is 82.5 Å². The number of rotatable bonds is 0. The van der Waals surface area contributed by atoms with Gasteiger partial charge in [-0.3, -0.25) is 0 Å². The van der Waals surface area contributed by atoms with E-state index in [4.69, 9.17) is 5.11 Å². The summed E-state index contributed by atoms with van der Waals surface area (Å²) in [5, 5.41) is 7.00. The van der Waals surface area contributed by atoms with Crippen molar-refractivity contribution in [2.45, 2.75) is 46.0 Å². The number of hydrogen-bond acceptors (Lipinski definition) is 1. The van der Waals surface area contributed by atoms with Gasteiger partial charge in [0.15, 0.2) is 0 Å². The Balaban J connectivity index is 0.000000266. The highest BCUT2D eigenvalue weighted by Gasteiger charge is 2.41. The van der Waals surface area contributed by atoms with Gasteiger partial charge in [0.2, 0.25) is 0 Å². The lowest BCUT2D eigenvalue weighted by Crippen LogP contribution is -2.38. The van der Waals surface area contributed by atoms with Gasteiger partial charge in [0.25, 0.3) is 0 Å². The minimum atomic E-state index is 0. The molecule has 0 atom stereocenters. The second-order valence-electron chi connectivity index (χ2n) is 4.88. The van der Waals surface area contributed by atoms with Crippen molar-refractivity contribution in [2.75, 3.05) is 7.11 Å². The molecule has 0 radical (unpaired) electrons. The molecule has 1 N–H and O–H groups in total. The van der Waals surface area contributed by atoms with Crippen LogP contribution >= 0.6 is 0 Å². The Bertz CT molecular complexity index is 96.7. The predicted octanol–water partition coefficient (Wildman–Crippen LogP) is 3.08. The summed E-state index contributed by atoms with van der Waals surface area (Å²) in [6.45, 7) is 0. The molecule has 4 bridgehead atoms. The van der Waals surface area contributed by atoms with Gasteiger partial charge in [-0.2, -0.15) is 0 Å². The van der Waals surface area contributed by atoms with Gasteiger partial charge in [-0.05, 0) is 62.2 Å². The summed E-state index contributed by atoms with van der Waals surface area (Å²) >= 11 is 0. The number of hydrogen-bond donors (Lipinski definition) is 1. The third-order valence-electron chi connectivity index (χ3n) is 4.00. The van der Waals surface area contributed by atoms with Gasteiger partial charge in [-0.15, -0.1) is 0 Å². The van der Waals surface area contributed by atoms with E-state index in [0.717, 1.165) is 7.11 Å². The molecule has 0 aromatic rings. The van der Waals surface area contributed by atoms with E-state index in [-0.39, 0.29) is 7.43 Å². The molecular weight excluding hydrogens is 160 g/mol. The molecule has 0 aromatic heterocycles. The van der Waals surface area contributed by atoms with Crippen LogP contribution < -0.4 is 0 Å². The van der Waals surface area contributed by atoms with Crippen molar-refractivity contribution in [1.82, 2.24) is 0 Å². The molecule has 0 heterocycles. The van der Waals surface area contributed by atoms with Crippen molar-refractivity contribution in [3.05, 3.63) is 0 Å². The van der Waals surface area contributed by atoms with Crippen LogP contribution in [-0.4, -0.2) is 12.2 Å². The van der Waals surface area contributed by atoms with Crippen LogP contribution in [0, 0.1) is 23.7 Å². The summed E-state index contributed by atoms with van der Waals surface area (Å²) in [4.78, 5) is 0. The highest BCUT2D eigenvalue weighted by Crippen LogP contribution is 2.53. The average molecular weight is 184 g/mol. The molecule has 0 amide bonds. The average Bonchev–Trinajstić information content (AvgIpc) is 2.05. The molecule has 4 aliphatic carbocycles. The maximum atomic E-state index is 7.00. The van der Waals surface area contributed by atoms with Gasteiger partial charge in [-0.1, -0.05) is 7.43 Å². The lowest BCUT2D eigenvalue weighted by molar-refractivity contribution is 0.0198. The second-order valence-corrected chi connectivity index (χ2v) is 4.88. The second kappa shape index (κ2) is 4.45. The SMILES string of the molecule is C.C1C2CC3CC1CC(C2)C3.CO. The van der Waals surface area contributed by atoms with Crippen molar-refractivity contribution < 1.29 is 5.11 Å². The highest BCUT2D eigenvalue weighted by molar-refractivity contribution is 4.92. The minimum absolute atomic E-state index is 0. The lowest BCUT2D eigenvalue weighted by atomic mass is 9.56. The van der Waals surface area contributed by atoms with E-state index in [2.05, 4.69) is 0 Å². The molecule has 4 saturated carbocycles. The summed E-state index contributed by atoms with van der Waals surface area (Å²) in [7, 11) is 1.00. The van der Waals surface area contributed by atoms with E-state index in [1.165, 1.54) is 23.7 Å². The van der Waals surface area contributed by atoms with Gasteiger partial charge in [0.1, 0.15) is 0 Å². The van der Waals surface area contributed by atoms with E-state index in [0.29, 0.717) is 0 Å². The first-order valence-electron chi connectivity index (χ1n) is 5.35. The standard InChI is InChI=1S/C10H16.CH4O.CH4/c1-7-2-9-4-8(1)5-10(3-7)6-9;1-2;/h7-10H,1-6H2;2H,1H3;1H4. The van der Waals surface area contributed by atoms with Crippen LogP contribution in [0.25, 0.3) is 0 Å². The topological polar surface area (TPSA) is 20.2 Å². The maximum absolute atomic E-state index is 7.00. The normalized spacial score (nSPS) is 44.8. The monoisotopic (exact) mass is 184 g/mol. The Morgan fingerprint density at radius 2 is 0.769 bits per heavy atom. The van der Waals surface area contributed by atoms with Gasteiger partial charge in [-0.25, -0.2) is 0 Å². The van der Waals surface area contributed by atoms with Crippen molar-refractivity contribution in [3.63, 3.8) is 0 Å². The fourth-order valence-corrected chi connectivity index (χ4v) is 3.98. The predicted molar refractivity (Wildman–Crippen MR) is 56.5 cm³/mol. The van der Waals surface area contributed by atoms with E-state index in [1.54, 1.807) is 38.5 Å². The van der Waals surface area contributed by atoms with Gasteiger partial charge in [0, 0.05) is 7.11 Å². The Kier molecular flexibility index (Phi) is 3.78. The maximum Gasteiger partial charge on any atom is 0.0319 e. The van der Waals surface area contributed by atoms with E-state index in [1.807, 2.05) is 0 Å². The zero-order valence-electron chi connectivity index (χ0n) is 8.00. The van der Waals surface area contributed by atoms with E-state index < -0.39 is 0 Å². The molecule has 0 unspecified atom stereocenters. The first-order valence-corrected chi connectivity index (χ1v) is 5.35. The molecule has 1 nitrogen and oxygen atoms in total. The van der Waals surface area contributed by atoms with E-state index in [9.17, 15) is 0 Å². The fourth-order valence-electron chi connectivity index (χ4n) is 3.98. The van der Waals surface area contributed by atoms with Crippen molar-refractivity contribution in [2.24, 2.45) is 23.7 Å². The summed E-state index contributed by atoms with van der Waals surface area (Å²) in [5.41, 5.74) is 0. The molecule has 1 heteroatoms. The van der Waals surface area contributed by atoms with Gasteiger partial charge in [0.05, 0.1) is 0 Å². The molecule has 13 heavy (non-hydrogen) atoms. The number of aliphatic hydroxyl groups is 1. The van der Waals surface area contributed by atoms with Crippen LogP contribution in [0.4, 0.5) is 0 Å². The minimum Gasteiger partial charge on any atom is -0.400 e. The largest absolute Gasteiger partial charge is 0.400 e.